The minimum Gasteiger partial charge on any atom is -0.481 e. The van der Waals surface area contributed by atoms with Crippen LogP contribution < -0.4 is 0 Å². The third-order valence-corrected chi connectivity index (χ3v) is 3.84. The van der Waals surface area contributed by atoms with E-state index in [0.29, 0.717) is 0 Å². The van der Waals surface area contributed by atoms with Crippen molar-refractivity contribution in [3.8, 4) is 0 Å². The summed E-state index contributed by atoms with van der Waals surface area (Å²) in [7, 11) is -5.32. The van der Waals surface area contributed by atoms with Crippen molar-refractivity contribution in [2.75, 3.05) is 0 Å². The molecule has 0 aliphatic carbocycles. The highest BCUT2D eigenvalue weighted by molar-refractivity contribution is 7.54. The number of aliphatic carboxylic acids is 3. The summed E-state index contributed by atoms with van der Waals surface area (Å²) in [5.74, 6) is -5.25. The lowest BCUT2D eigenvalue weighted by molar-refractivity contribution is -0.148. The van der Waals surface area contributed by atoms with Gasteiger partial charge in [-0.15, -0.1) is 0 Å². The Morgan fingerprint density at radius 1 is 1.00 bits per heavy atom. The van der Waals surface area contributed by atoms with E-state index in [-0.39, 0.29) is 0 Å². The fraction of sp³-hybridized carbons (Fsp3) is 0.571. The van der Waals surface area contributed by atoms with Gasteiger partial charge in [0.2, 0.25) is 0 Å². The molecule has 0 radical (unpaired) electrons. The quantitative estimate of drug-likeness (QED) is 0.376. The number of carbonyl (C=O) groups is 3. The van der Waals surface area contributed by atoms with Crippen molar-refractivity contribution in [1.82, 2.24) is 0 Å². The van der Waals surface area contributed by atoms with Crippen molar-refractivity contribution in [2.45, 2.75) is 24.4 Å². The molecule has 0 aromatic carbocycles. The van der Waals surface area contributed by atoms with Crippen molar-refractivity contribution in [3.05, 3.63) is 0 Å². The third kappa shape index (κ3) is 3.81. The van der Waals surface area contributed by atoms with Crippen molar-refractivity contribution in [1.29, 1.82) is 0 Å². The average Bonchev–Trinajstić information content (AvgIpc) is 2.08. The van der Waals surface area contributed by atoms with Crippen LogP contribution in [0.1, 0.15) is 19.3 Å². The predicted molar refractivity (Wildman–Crippen MR) is 51.5 cm³/mol. The van der Waals surface area contributed by atoms with Gasteiger partial charge < -0.3 is 25.1 Å². The van der Waals surface area contributed by atoms with E-state index in [2.05, 4.69) is 0 Å². The van der Waals surface area contributed by atoms with Crippen molar-refractivity contribution < 1.29 is 44.1 Å². The summed E-state index contributed by atoms with van der Waals surface area (Å²) < 4.78 is 11.1. The molecule has 0 saturated heterocycles. The lowest BCUT2D eigenvalue weighted by Gasteiger charge is -2.27. The lowest BCUT2D eigenvalue weighted by atomic mass is 9.98. The Morgan fingerprint density at radius 3 is 1.71 bits per heavy atom. The van der Waals surface area contributed by atoms with Gasteiger partial charge in [-0.1, -0.05) is 0 Å². The molecule has 5 N–H and O–H groups in total. The molecule has 17 heavy (non-hydrogen) atoms. The minimum absolute atomic E-state index is 0.856. The molecule has 98 valence electrons. The van der Waals surface area contributed by atoms with Gasteiger partial charge >= 0.3 is 25.5 Å². The molecule has 0 aromatic rings. The number of rotatable bonds is 7. The maximum Gasteiger partial charge on any atom is 0.343 e. The maximum atomic E-state index is 11.1. The SMILES string of the molecule is O=C(O)CC[C@@](CC(=O)O)(C(=O)O)P(=O)(O)O. The molecule has 0 amide bonds. The third-order valence-electron chi connectivity index (χ3n) is 2.15. The van der Waals surface area contributed by atoms with Crippen LogP contribution >= 0.6 is 7.60 Å². The zero-order chi connectivity index (χ0) is 13.9. The largest absolute Gasteiger partial charge is 0.481 e. The molecule has 1 atom stereocenters. The van der Waals surface area contributed by atoms with Gasteiger partial charge in [-0.05, 0) is 6.42 Å². The zero-order valence-corrected chi connectivity index (χ0v) is 9.33. The van der Waals surface area contributed by atoms with Crippen LogP contribution in [0.15, 0.2) is 0 Å². The molecule has 0 bridgehead atoms. The Hall–Kier alpha value is -1.44. The van der Waals surface area contributed by atoms with Gasteiger partial charge in [0, 0.05) is 6.42 Å². The highest BCUT2D eigenvalue weighted by Crippen LogP contribution is 2.55. The number of carboxylic acid groups (broad SMARTS) is 3. The van der Waals surface area contributed by atoms with E-state index in [1.54, 1.807) is 0 Å². The Balaban J connectivity index is 5.41. The first kappa shape index (κ1) is 15.6. The van der Waals surface area contributed by atoms with E-state index in [0.717, 1.165) is 0 Å². The summed E-state index contributed by atoms with van der Waals surface area (Å²) in [5, 5.41) is 22.7. The average molecular weight is 270 g/mol. The summed E-state index contributed by atoms with van der Waals surface area (Å²) >= 11 is 0. The van der Waals surface area contributed by atoms with Gasteiger partial charge in [-0.2, -0.15) is 0 Å². The van der Waals surface area contributed by atoms with Gasteiger partial charge in [0.15, 0.2) is 5.16 Å². The lowest BCUT2D eigenvalue weighted by Crippen LogP contribution is -2.41. The Kier molecular flexibility index (Phi) is 4.81. The van der Waals surface area contributed by atoms with E-state index >= 15 is 0 Å². The number of hydrogen-bond donors (Lipinski definition) is 5. The van der Waals surface area contributed by atoms with Gasteiger partial charge in [-0.25, -0.2) is 0 Å². The van der Waals surface area contributed by atoms with Crippen LogP contribution in [0.2, 0.25) is 0 Å². The molecule has 0 aliphatic heterocycles. The normalized spacial score (nSPS) is 14.9. The van der Waals surface area contributed by atoms with Crippen LogP contribution in [-0.4, -0.2) is 48.2 Å². The van der Waals surface area contributed by atoms with Crippen LogP contribution in [0, 0.1) is 0 Å². The fourth-order valence-corrected chi connectivity index (χ4v) is 2.20. The van der Waals surface area contributed by atoms with Crippen LogP contribution in [0.4, 0.5) is 0 Å². The molecule has 0 aromatic heterocycles. The summed E-state index contributed by atoms with van der Waals surface area (Å²) in [6, 6.07) is 0. The second kappa shape index (κ2) is 5.26. The summed E-state index contributed by atoms with van der Waals surface area (Å²) in [6.45, 7) is 0. The monoisotopic (exact) mass is 270 g/mol. The van der Waals surface area contributed by atoms with Gasteiger partial charge in [0.25, 0.3) is 0 Å². The molecule has 0 unspecified atom stereocenters. The van der Waals surface area contributed by atoms with Crippen molar-refractivity contribution in [3.63, 3.8) is 0 Å². The summed E-state index contributed by atoms with van der Waals surface area (Å²) in [6.07, 6.45) is -3.17. The van der Waals surface area contributed by atoms with Crippen LogP contribution in [-0.2, 0) is 18.9 Å². The topological polar surface area (TPSA) is 169 Å². The summed E-state index contributed by atoms with van der Waals surface area (Å²) in [4.78, 5) is 49.5. The molecule has 0 rings (SSSR count). The molecule has 0 spiro atoms. The standard InChI is InChI=1S/C7H11O9P/c8-4(9)1-2-7(6(12)13,3-5(10)11)17(14,15)16/h1-3H2,(H,8,9)(H,10,11)(H,12,13)(H2,14,15,16)/t7-/m1/s1. The first-order valence-corrected chi connectivity index (χ1v) is 5.87. The number of carboxylic acids is 3. The molecule has 0 saturated carbocycles. The van der Waals surface area contributed by atoms with Crippen LogP contribution in [0.25, 0.3) is 0 Å². The van der Waals surface area contributed by atoms with Crippen LogP contribution in [0.5, 0.6) is 0 Å². The van der Waals surface area contributed by atoms with E-state index in [1.165, 1.54) is 0 Å². The fourth-order valence-electron chi connectivity index (χ4n) is 1.21. The smallest absolute Gasteiger partial charge is 0.343 e. The number of hydrogen-bond acceptors (Lipinski definition) is 4. The Labute approximate surface area is 94.8 Å². The molecular formula is C7H11O9P. The summed E-state index contributed by atoms with van der Waals surface area (Å²) in [5.41, 5.74) is 0. The first-order chi connectivity index (χ1) is 7.53. The Bertz CT molecular complexity index is 383. The minimum atomic E-state index is -5.32. The second-order valence-electron chi connectivity index (χ2n) is 3.35. The molecule has 10 heteroatoms. The Morgan fingerprint density at radius 2 is 1.47 bits per heavy atom. The maximum absolute atomic E-state index is 11.1. The molecular weight excluding hydrogens is 259 g/mol. The van der Waals surface area contributed by atoms with Gasteiger partial charge in [0.1, 0.15) is 0 Å². The van der Waals surface area contributed by atoms with Crippen molar-refractivity contribution in [2.24, 2.45) is 0 Å². The van der Waals surface area contributed by atoms with Crippen LogP contribution in [0.3, 0.4) is 0 Å². The predicted octanol–water partition coefficient (Wildman–Crippen LogP) is -0.673. The van der Waals surface area contributed by atoms with E-state index < -0.39 is 49.9 Å². The highest BCUT2D eigenvalue weighted by atomic mass is 31.2. The molecule has 0 fully saturated rings. The second-order valence-corrected chi connectivity index (χ2v) is 5.29. The first-order valence-electron chi connectivity index (χ1n) is 4.25. The molecule has 9 nitrogen and oxygen atoms in total. The zero-order valence-electron chi connectivity index (χ0n) is 8.44. The molecule has 0 aliphatic rings. The van der Waals surface area contributed by atoms with Crippen molar-refractivity contribution >= 4 is 25.5 Å². The molecule has 0 heterocycles. The van der Waals surface area contributed by atoms with E-state index in [1.807, 2.05) is 0 Å². The highest BCUT2D eigenvalue weighted by Gasteiger charge is 2.55. The van der Waals surface area contributed by atoms with Gasteiger partial charge in [-0.3, -0.25) is 18.9 Å². The van der Waals surface area contributed by atoms with E-state index in [4.69, 9.17) is 25.1 Å². The van der Waals surface area contributed by atoms with Gasteiger partial charge in [0.05, 0.1) is 6.42 Å². The van der Waals surface area contributed by atoms with E-state index in [9.17, 15) is 18.9 Å².